The highest BCUT2D eigenvalue weighted by molar-refractivity contribution is 5.82. The number of aromatic hydroxyl groups is 1. The molecule has 9 heteroatoms. The number of hydrogen-bond acceptors (Lipinski definition) is 7. The van der Waals surface area contributed by atoms with Gasteiger partial charge in [0.15, 0.2) is 23.0 Å². The number of rotatable bonds is 6. The Labute approximate surface area is 184 Å². The van der Waals surface area contributed by atoms with Crippen molar-refractivity contribution in [3.05, 3.63) is 53.1 Å². The van der Waals surface area contributed by atoms with Crippen molar-refractivity contribution in [3.63, 3.8) is 0 Å². The lowest BCUT2D eigenvalue weighted by atomic mass is 10.1. The number of pyridine rings is 1. The van der Waals surface area contributed by atoms with Gasteiger partial charge < -0.3 is 24.1 Å². The lowest BCUT2D eigenvalue weighted by molar-refractivity contribution is 0.324. The van der Waals surface area contributed by atoms with Gasteiger partial charge in [0.2, 0.25) is 5.75 Å². The molecule has 0 atom stereocenters. The Balaban J connectivity index is 1.97. The number of aromatic nitrogens is 3. The zero-order valence-electron chi connectivity index (χ0n) is 18.4. The van der Waals surface area contributed by atoms with E-state index in [9.17, 15) is 9.90 Å². The maximum Gasteiger partial charge on any atom is 0.333 e. The summed E-state index contributed by atoms with van der Waals surface area (Å²) in [6.07, 6.45) is 1.63. The van der Waals surface area contributed by atoms with Crippen LogP contribution in [0.15, 0.2) is 47.4 Å². The molecule has 9 nitrogen and oxygen atoms in total. The normalized spacial score (nSPS) is 10.9. The van der Waals surface area contributed by atoms with Crippen LogP contribution in [-0.4, -0.2) is 47.7 Å². The van der Waals surface area contributed by atoms with Crippen LogP contribution >= 0.6 is 0 Å². The Morgan fingerprint density at radius 2 is 1.50 bits per heavy atom. The average molecular weight is 437 g/mol. The van der Waals surface area contributed by atoms with E-state index in [-0.39, 0.29) is 11.4 Å². The van der Waals surface area contributed by atoms with Crippen molar-refractivity contribution in [1.29, 1.82) is 0 Å². The molecule has 166 valence electrons. The molecule has 2 aromatic heterocycles. The molecule has 0 aliphatic carbocycles. The number of nitrogens with zero attached hydrogens (tertiary/aromatic N) is 3. The summed E-state index contributed by atoms with van der Waals surface area (Å²) in [6, 6.07) is 10.2. The fourth-order valence-electron chi connectivity index (χ4n) is 3.68. The number of methoxy groups -OCH3 is 4. The minimum Gasteiger partial charge on any atom is -0.504 e. The lowest BCUT2D eigenvalue weighted by Crippen LogP contribution is -2.21. The highest BCUT2D eigenvalue weighted by atomic mass is 16.5. The number of phenolic OH excluding ortho intramolecular Hbond substituents is 1. The molecule has 32 heavy (non-hydrogen) atoms. The molecule has 0 bridgehead atoms. The molecule has 4 rings (SSSR count). The van der Waals surface area contributed by atoms with Crippen LogP contribution in [0.4, 0.5) is 0 Å². The number of fused-ring (bicyclic) bond motifs is 1. The summed E-state index contributed by atoms with van der Waals surface area (Å²) in [5, 5.41) is 10.2. The third-order valence-corrected chi connectivity index (χ3v) is 5.32. The van der Waals surface area contributed by atoms with Crippen molar-refractivity contribution in [2.75, 3.05) is 28.4 Å². The molecule has 0 radical (unpaired) electrons. The first kappa shape index (κ1) is 21.1. The van der Waals surface area contributed by atoms with Crippen molar-refractivity contribution in [1.82, 2.24) is 14.1 Å². The second kappa shape index (κ2) is 8.18. The predicted octanol–water partition coefficient (Wildman–Crippen LogP) is 3.13. The first-order valence-electron chi connectivity index (χ1n) is 9.68. The molecule has 0 saturated heterocycles. The van der Waals surface area contributed by atoms with Gasteiger partial charge in [-0.3, -0.25) is 14.1 Å². The Hall–Kier alpha value is -4.14. The molecule has 0 spiro atoms. The van der Waals surface area contributed by atoms with E-state index in [4.69, 9.17) is 18.9 Å². The van der Waals surface area contributed by atoms with Crippen LogP contribution < -0.4 is 24.6 Å². The Morgan fingerprint density at radius 3 is 2.06 bits per heavy atom. The van der Waals surface area contributed by atoms with Crippen LogP contribution in [0.25, 0.3) is 28.0 Å². The van der Waals surface area contributed by atoms with E-state index < -0.39 is 0 Å². The predicted molar refractivity (Wildman–Crippen MR) is 120 cm³/mol. The molecule has 0 fully saturated rings. The van der Waals surface area contributed by atoms with Crippen LogP contribution in [0.1, 0.15) is 0 Å². The summed E-state index contributed by atoms with van der Waals surface area (Å²) in [7, 11) is 7.72. The topological polar surface area (TPSA) is 97.0 Å². The molecule has 0 amide bonds. The molecule has 0 aliphatic rings. The second-order valence-corrected chi connectivity index (χ2v) is 7.01. The van der Waals surface area contributed by atoms with Crippen LogP contribution in [-0.2, 0) is 7.05 Å². The smallest absolute Gasteiger partial charge is 0.333 e. The van der Waals surface area contributed by atoms with Crippen LogP contribution in [0.2, 0.25) is 0 Å². The Kier molecular flexibility index (Phi) is 5.40. The van der Waals surface area contributed by atoms with Crippen molar-refractivity contribution < 1.29 is 24.1 Å². The molecule has 0 aliphatic heterocycles. The van der Waals surface area contributed by atoms with Gasteiger partial charge in [-0.05, 0) is 24.3 Å². The minimum absolute atomic E-state index is 0.00183. The molecule has 0 unspecified atom stereocenters. The highest BCUT2D eigenvalue weighted by Gasteiger charge is 2.19. The van der Waals surface area contributed by atoms with E-state index in [2.05, 4.69) is 4.98 Å². The quantitative estimate of drug-likeness (QED) is 0.495. The van der Waals surface area contributed by atoms with Gasteiger partial charge in [-0.25, -0.2) is 4.79 Å². The fourth-order valence-corrected chi connectivity index (χ4v) is 3.68. The average Bonchev–Trinajstić information content (AvgIpc) is 3.07. The number of aryl methyl sites for hydroxylation is 1. The highest BCUT2D eigenvalue weighted by Crippen LogP contribution is 2.40. The third kappa shape index (κ3) is 3.27. The number of ether oxygens (including phenoxy) is 4. The van der Waals surface area contributed by atoms with Crippen molar-refractivity contribution >= 4 is 11.0 Å². The first-order chi connectivity index (χ1) is 15.4. The summed E-state index contributed by atoms with van der Waals surface area (Å²) in [5.41, 5.74) is 2.83. The number of imidazole rings is 1. The van der Waals surface area contributed by atoms with Crippen LogP contribution in [0, 0.1) is 0 Å². The standard InChI is InChI=1S/C23H23N3O6/c1-25-17-12-24-15(13-6-7-19(29-2)18(27)8-13)11-16(17)26(23(25)28)14-9-20(30-3)22(32-5)21(10-14)31-4/h6-12,27H,1-5H3. The van der Waals surface area contributed by atoms with Gasteiger partial charge in [0.1, 0.15) is 0 Å². The molecular weight excluding hydrogens is 414 g/mol. The van der Waals surface area contributed by atoms with Gasteiger partial charge in [-0.2, -0.15) is 0 Å². The van der Waals surface area contributed by atoms with Crippen molar-refractivity contribution in [3.8, 4) is 45.7 Å². The monoisotopic (exact) mass is 437 g/mol. The van der Waals surface area contributed by atoms with E-state index in [0.717, 1.165) is 0 Å². The minimum atomic E-state index is -0.259. The zero-order chi connectivity index (χ0) is 23.0. The Morgan fingerprint density at radius 1 is 0.844 bits per heavy atom. The van der Waals surface area contributed by atoms with E-state index in [1.54, 1.807) is 54.2 Å². The largest absolute Gasteiger partial charge is 0.504 e. The number of hydrogen-bond donors (Lipinski definition) is 1. The molecule has 0 saturated carbocycles. The first-order valence-corrected chi connectivity index (χ1v) is 9.68. The maximum atomic E-state index is 13.2. The Bertz CT molecular complexity index is 1350. The lowest BCUT2D eigenvalue weighted by Gasteiger charge is -2.14. The van der Waals surface area contributed by atoms with E-state index in [1.165, 1.54) is 33.0 Å². The number of benzene rings is 2. The molecule has 1 N–H and O–H groups in total. The number of phenols is 1. The van der Waals surface area contributed by atoms with Gasteiger partial charge in [-0.15, -0.1) is 0 Å². The summed E-state index contributed by atoms with van der Waals surface area (Å²) < 4.78 is 24.5. The van der Waals surface area contributed by atoms with Crippen molar-refractivity contribution in [2.24, 2.45) is 7.05 Å². The van der Waals surface area contributed by atoms with Gasteiger partial charge in [-0.1, -0.05) is 0 Å². The van der Waals surface area contributed by atoms with Gasteiger partial charge in [0.25, 0.3) is 0 Å². The fraction of sp³-hybridized carbons (Fsp3) is 0.217. The van der Waals surface area contributed by atoms with Gasteiger partial charge in [0.05, 0.1) is 57.1 Å². The summed E-state index contributed by atoms with van der Waals surface area (Å²) in [6.45, 7) is 0. The van der Waals surface area contributed by atoms with E-state index >= 15 is 0 Å². The molecular formula is C23H23N3O6. The SMILES string of the molecule is COc1ccc(-c2cc3c(cn2)n(C)c(=O)n3-c2cc(OC)c(OC)c(OC)c2)cc1O. The maximum absolute atomic E-state index is 13.2. The van der Waals surface area contributed by atoms with Crippen LogP contribution in [0.3, 0.4) is 0 Å². The van der Waals surface area contributed by atoms with Crippen molar-refractivity contribution in [2.45, 2.75) is 0 Å². The van der Waals surface area contributed by atoms with E-state index in [0.29, 0.717) is 51.0 Å². The molecule has 2 aromatic carbocycles. The molecule has 2 heterocycles. The molecule has 4 aromatic rings. The van der Waals surface area contributed by atoms with Gasteiger partial charge >= 0.3 is 5.69 Å². The van der Waals surface area contributed by atoms with Crippen LogP contribution in [0.5, 0.6) is 28.7 Å². The van der Waals surface area contributed by atoms with E-state index in [1.807, 2.05) is 0 Å². The van der Waals surface area contributed by atoms with Gasteiger partial charge in [0, 0.05) is 24.7 Å². The third-order valence-electron chi connectivity index (χ3n) is 5.32. The summed E-state index contributed by atoms with van der Waals surface area (Å²) in [5.74, 6) is 1.66. The second-order valence-electron chi connectivity index (χ2n) is 7.01. The zero-order valence-corrected chi connectivity index (χ0v) is 18.4. The summed E-state index contributed by atoms with van der Waals surface area (Å²) >= 11 is 0. The summed E-state index contributed by atoms with van der Waals surface area (Å²) in [4.78, 5) is 17.6.